The highest BCUT2D eigenvalue weighted by Crippen LogP contribution is 2.27. The van der Waals surface area contributed by atoms with Crippen molar-refractivity contribution in [3.05, 3.63) is 28.2 Å². The molecule has 112 valence electrons. The largest absolute Gasteiger partial charge is 0.490 e. The zero-order chi connectivity index (χ0) is 15.7. The number of ether oxygens (including phenoxy) is 1. The third-order valence-electron chi connectivity index (χ3n) is 2.06. The Hall–Kier alpha value is -1.50. The van der Waals surface area contributed by atoms with Crippen LogP contribution in [0, 0.1) is 0 Å². The van der Waals surface area contributed by atoms with Gasteiger partial charge in [0.15, 0.2) is 0 Å². The molecule has 6 nitrogen and oxygen atoms in total. The third kappa shape index (κ3) is 7.83. The fourth-order valence-electron chi connectivity index (χ4n) is 0.886. The molecular weight excluding hydrogens is 309 g/mol. The Bertz CT molecular complexity index is 455. The Labute approximate surface area is 126 Å². The molecule has 8 heteroatoms. The summed E-state index contributed by atoms with van der Waals surface area (Å²) in [4.78, 5) is 18.2. The van der Waals surface area contributed by atoms with Gasteiger partial charge in [0.25, 0.3) is 0 Å². The summed E-state index contributed by atoms with van der Waals surface area (Å²) in [6.45, 7) is 2.59. The van der Waals surface area contributed by atoms with E-state index in [1.807, 2.05) is 14.0 Å². The first kappa shape index (κ1) is 18.5. The van der Waals surface area contributed by atoms with Crippen LogP contribution in [-0.2, 0) is 9.59 Å². The van der Waals surface area contributed by atoms with Crippen LogP contribution >= 0.6 is 23.2 Å². The van der Waals surface area contributed by atoms with Crippen molar-refractivity contribution in [2.45, 2.75) is 13.0 Å². The van der Waals surface area contributed by atoms with Crippen LogP contribution in [0.25, 0.3) is 0 Å². The number of benzene rings is 1. The lowest BCUT2D eigenvalue weighted by Crippen LogP contribution is -2.28. The molecule has 0 aliphatic heterocycles. The second kappa shape index (κ2) is 9.41. The van der Waals surface area contributed by atoms with Gasteiger partial charge in [-0.1, -0.05) is 23.2 Å². The van der Waals surface area contributed by atoms with Crippen molar-refractivity contribution in [2.75, 3.05) is 13.7 Å². The van der Waals surface area contributed by atoms with Gasteiger partial charge in [-0.3, -0.25) is 0 Å². The van der Waals surface area contributed by atoms with Gasteiger partial charge < -0.3 is 20.3 Å². The minimum Gasteiger partial charge on any atom is -0.490 e. The summed E-state index contributed by atoms with van der Waals surface area (Å²) < 4.78 is 5.49. The number of likely N-dealkylation sites (N-methyl/N-ethyl adjacent to an activating group) is 1. The van der Waals surface area contributed by atoms with Crippen LogP contribution in [-0.4, -0.2) is 41.8 Å². The number of hydrogen-bond acceptors (Lipinski definition) is 4. The molecule has 0 heterocycles. The maximum Gasteiger partial charge on any atom is 0.414 e. The zero-order valence-electron chi connectivity index (χ0n) is 10.9. The van der Waals surface area contributed by atoms with Crippen molar-refractivity contribution < 1.29 is 24.5 Å². The summed E-state index contributed by atoms with van der Waals surface area (Å²) in [5, 5.41) is 19.1. The molecule has 1 atom stereocenters. The first-order valence-corrected chi connectivity index (χ1v) is 6.24. The van der Waals surface area contributed by atoms with E-state index in [0.29, 0.717) is 22.4 Å². The topological polar surface area (TPSA) is 95.9 Å². The van der Waals surface area contributed by atoms with E-state index >= 15 is 0 Å². The zero-order valence-corrected chi connectivity index (χ0v) is 12.4. The highest BCUT2D eigenvalue weighted by molar-refractivity contribution is 6.34. The average molecular weight is 324 g/mol. The fourth-order valence-corrected chi connectivity index (χ4v) is 1.22. The van der Waals surface area contributed by atoms with E-state index in [4.69, 9.17) is 47.7 Å². The van der Waals surface area contributed by atoms with Crippen LogP contribution in [0.3, 0.4) is 0 Å². The molecule has 1 aromatic rings. The molecule has 1 unspecified atom stereocenters. The fraction of sp³-hybridized carbons (Fsp3) is 0.333. The maximum absolute atomic E-state index is 9.10. The number of hydrogen-bond donors (Lipinski definition) is 3. The molecule has 0 aliphatic rings. The van der Waals surface area contributed by atoms with Gasteiger partial charge in [-0.25, -0.2) is 9.59 Å². The molecule has 0 saturated carbocycles. The van der Waals surface area contributed by atoms with Crippen LogP contribution in [0.1, 0.15) is 6.92 Å². The van der Waals surface area contributed by atoms with Crippen molar-refractivity contribution in [2.24, 2.45) is 0 Å². The molecule has 0 amide bonds. The van der Waals surface area contributed by atoms with Crippen molar-refractivity contribution in [1.82, 2.24) is 5.32 Å². The van der Waals surface area contributed by atoms with Gasteiger partial charge in [0.2, 0.25) is 0 Å². The van der Waals surface area contributed by atoms with E-state index in [-0.39, 0.29) is 6.04 Å². The Morgan fingerprint density at radius 3 is 2.30 bits per heavy atom. The Kier molecular flexibility index (Phi) is 8.71. The summed E-state index contributed by atoms with van der Waals surface area (Å²) in [6.07, 6.45) is 0. The van der Waals surface area contributed by atoms with E-state index in [2.05, 4.69) is 5.32 Å². The average Bonchev–Trinajstić information content (AvgIpc) is 2.40. The predicted octanol–water partition coefficient (Wildman–Crippen LogP) is 2.14. The molecule has 1 rings (SSSR count). The van der Waals surface area contributed by atoms with Gasteiger partial charge in [-0.15, -0.1) is 0 Å². The van der Waals surface area contributed by atoms with Gasteiger partial charge in [0.1, 0.15) is 12.4 Å². The Balaban J connectivity index is 0.000000511. The van der Waals surface area contributed by atoms with E-state index in [9.17, 15) is 0 Å². The van der Waals surface area contributed by atoms with E-state index in [0.717, 1.165) is 0 Å². The monoisotopic (exact) mass is 323 g/mol. The summed E-state index contributed by atoms with van der Waals surface area (Å²) >= 11 is 11.7. The predicted molar refractivity (Wildman–Crippen MR) is 75.8 cm³/mol. The molecule has 0 radical (unpaired) electrons. The lowest BCUT2D eigenvalue weighted by Gasteiger charge is -2.13. The van der Waals surface area contributed by atoms with Crippen LogP contribution in [0.4, 0.5) is 0 Å². The molecule has 0 spiro atoms. The number of carboxylic acids is 2. The second-order valence-corrected chi connectivity index (χ2v) is 4.53. The minimum absolute atomic E-state index is 0.282. The van der Waals surface area contributed by atoms with Crippen LogP contribution in [0.5, 0.6) is 5.75 Å². The van der Waals surface area contributed by atoms with Crippen LogP contribution in [0.2, 0.25) is 10.0 Å². The Morgan fingerprint density at radius 1 is 1.30 bits per heavy atom. The normalized spacial score (nSPS) is 11.0. The Morgan fingerprint density at radius 2 is 1.85 bits per heavy atom. The van der Waals surface area contributed by atoms with Crippen LogP contribution in [0.15, 0.2) is 18.2 Å². The van der Waals surface area contributed by atoms with Crippen molar-refractivity contribution >= 4 is 35.1 Å². The molecule has 20 heavy (non-hydrogen) atoms. The van der Waals surface area contributed by atoms with Crippen molar-refractivity contribution in [1.29, 1.82) is 0 Å². The maximum atomic E-state index is 9.10. The van der Waals surface area contributed by atoms with Gasteiger partial charge in [-0.2, -0.15) is 0 Å². The van der Waals surface area contributed by atoms with E-state index in [1.54, 1.807) is 18.2 Å². The third-order valence-corrected chi connectivity index (χ3v) is 2.61. The molecular formula is C12H15Cl2NO5. The molecule has 0 bridgehead atoms. The van der Waals surface area contributed by atoms with Crippen molar-refractivity contribution in [3.8, 4) is 5.75 Å². The van der Waals surface area contributed by atoms with Crippen molar-refractivity contribution in [3.63, 3.8) is 0 Å². The number of carbonyl (C=O) groups is 2. The standard InChI is InChI=1S/C10H13Cl2NO.C2H2O4/c1-7(13-2)6-14-10-5-8(11)3-4-9(10)12;3-1(4)2(5)6/h3-5,7,13H,6H2,1-2H3;(H,3,4)(H,5,6). The van der Waals surface area contributed by atoms with Gasteiger partial charge in [0.05, 0.1) is 5.02 Å². The van der Waals surface area contributed by atoms with E-state index in [1.165, 1.54) is 0 Å². The minimum atomic E-state index is -1.82. The quantitative estimate of drug-likeness (QED) is 0.735. The number of halogens is 2. The molecule has 3 N–H and O–H groups in total. The number of rotatable bonds is 4. The molecule has 0 aromatic heterocycles. The summed E-state index contributed by atoms with van der Waals surface area (Å²) in [7, 11) is 1.88. The lowest BCUT2D eigenvalue weighted by atomic mass is 10.3. The summed E-state index contributed by atoms with van der Waals surface area (Å²) in [5.74, 6) is -3.02. The smallest absolute Gasteiger partial charge is 0.414 e. The van der Waals surface area contributed by atoms with E-state index < -0.39 is 11.9 Å². The summed E-state index contributed by atoms with van der Waals surface area (Å²) in [6, 6.07) is 5.46. The number of aliphatic carboxylic acids is 2. The van der Waals surface area contributed by atoms with Gasteiger partial charge >= 0.3 is 11.9 Å². The molecule has 0 saturated heterocycles. The van der Waals surface area contributed by atoms with Gasteiger partial charge in [-0.05, 0) is 26.1 Å². The lowest BCUT2D eigenvalue weighted by molar-refractivity contribution is -0.159. The first-order chi connectivity index (χ1) is 9.27. The molecule has 1 aromatic carbocycles. The SMILES string of the molecule is CNC(C)COc1cc(Cl)ccc1Cl.O=C(O)C(=O)O. The molecule has 0 aliphatic carbocycles. The van der Waals surface area contributed by atoms with Gasteiger partial charge in [0, 0.05) is 17.1 Å². The first-order valence-electron chi connectivity index (χ1n) is 5.49. The highest BCUT2D eigenvalue weighted by Gasteiger charge is 2.05. The number of nitrogens with one attached hydrogen (secondary N) is 1. The van der Waals surface area contributed by atoms with Crippen LogP contribution < -0.4 is 10.1 Å². The highest BCUT2D eigenvalue weighted by atomic mass is 35.5. The molecule has 0 fully saturated rings. The number of carboxylic acid groups (broad SMARTS) is 2. The second-order valence-electron chi connectivity index (χ2n) is 3.69. The summed E-state index contributed by atoms with van der Waals surface area (Å²) in [5.41, 5.74) is 0.